The molecule has 0 aromatic heterocycles. The third-order valence-corrected chi connectivity index (χ3v) is 10.3. The van der Waals surface area contributed by atoms with Gasteiger partial charge in [-0.05, 0) is 101 Å². The van der Waals surface area contributed by atoms with Gasteiger partial charge in [-0.25, -0.2) is 0 Å². The van der Waals surface area contributed by atoms with Crippen LogP contribution in [0.5, 0.6) is 0 Å². The van der Waals surface area contributed by atoms with Crippen molar-refractivity contribution in [2.24, 2.45) is 34.5 Å². The number of nitrogens with one attached hydrogen (secondary N) is 2. The molecule has 8 nitrogen and oxygen atoms in total. The van der Waals surface area contributed by atoms with Gasteiger partial charge in [0.2, 0.25) is 0 Å². The Hall–Kier alpha value is -2.12. The number of carbonyl (C=O) groups excluding carboxylic acids is 4. The van der Waals surface area contributed by atoms with Gasteiger partial charge < -0.3 is 20.1 Å². The van der Waals surface area contributed by atoms with Crippen LogP contribution in [0.15, 0.2) is 0 Å². The molecule has 8 heteroatoms. The number of hydrogen-bond donors (Lipinski definition) is 2. The predicted molar refractivity (Wildman–Crippen MR) is 120 cm³/mol. The number of esters is 2. The normalized spacial score (nSPS) is 47.2. The lowest BCUT2D eigenvalue weighted by atomic mass is 9.46. The quantitative estimate of drug-likeness (QED) is 0.480. The van der Waals surface area contributed by atoms with Gasteiger partial charge in [-0.2, -0.15) is 0 Å². The molecular formula is C26H36N2O6. The molecule has 8 rings (SSSR count). The van der Waals surface area contributed by atoms with E-state index in [0.717, 1.165) is 64.2 Å². The summed E-state index contributed by atoms with van der Waals surface area (Å²) in [5, 5.41) is 6.21. The maximum absolute atomic E-state index is 13.2. The molecule has 186 valence electrons. The summed E-state index contributed by atoms with van der Waals surface area (Å²) >= 11 is 0. The van der Waals surface area contributed by atoms with Gasteiger partial charge in [0.15, 0.2) is 0 Å². The molecule has 0 radical (unpaired) electrons. The second-order valence-corrected chi connectivity index (χ2v) is 12.9. The van der Waals surface area contributed by atoms with Gasteiger partial charge in [0.1, 0.15) is 0 Å². The summed E-state index contributed by atoms with van der Waals surface area (Å²) in [6.07, 6.45) is 9.85. The molecular weight excluding hydrogens is 436 g/mol. The zero-order valence-corrected chi connectivity index (χ0v) is 20.2. The number of hydrogen-bond acceptors (Lipinski definition) is 6. The van der Waals surface area contributed by atoms with Crippen LogP contribution in [0.2, 0.25) is 0 Å². The monoisotopic (exact) mass is 472 g/mol. The highest BCUT2D eigenvalue weighted by Gasteiger charge is 2.63. The third-order valence-electron chi connectivity index (χ3n) is 10.3. The molecule has 0 saturated heterocycles. The molecule has 0 aromatic carbocycles. The molecule has 0 heterocycles. The molecule has 0 aliphatic heterocycles. The first-order chi connectivity index (χ1) is 16.1. The molecule has 0 aromatic rings. The summed E-state index contributed by atoms with van der Waals surface area (Å²) in [7, 11) is 2.87. The van der Waals surface area contributed by atoms with E-state index in [1.165, 1.54) is 14.2 Å². The lowest BCUT2D eigenvalue weighted by molar-refractivity contribution is -0.175. The van der Waals surface area contributed by atoms with E-state index in [-0.39, 0.29) is 11.9 Å². The van der Waals surface area contributed by atoms with E-state index in [1.54, 1.807) is 0 Å². The Balaban J connectivity index is 1.18. The zero-order valence-electron chi connectivity index (χ0n) is 20.2. The molecule has 2 N–H and O–H groups in total. The minimum absolute atomic E-state index is 0.175. The number of methoxy groups -OCH3 is 2. The molecule has 0 spiro atoms. The first-order valence-electron chi connectivity index (χ1n) is 12.9. The Morgan fingerprint density at radius 2 is 0.912 bits per heavy atom. The molecule has 2 amide bonds. The van der Waals surface area contributed by atoms with Crippen molar-refractivity contribution in [1.29, 1.82) is 0 Å². The first-order valence-corrected chi connectivity index (χ1v) is 12.9. The van der Waals surface area contributed by atoms with E-state index in [2.05, 4.69) is 10.6 Å². The van der Waals surface area contributed by atoms with E-state index in [4.69, 9.17) is 9.47 Å². The van der Waals surface area contributed by atoms with Crippen LogP contribution in [0, 0.1) is 34.5 Å². The second kappa shape index (κ2) is 7.20. The van der Waals surface area contributed by atoms with Crippen LogP contribution < -0.4 is 10.6 Å². The highest BCUT2D eigenvalue weighted by atomic mass is 16.5. The fraction of sp³-hybridized carbons (Fsp3) is 0.846. The van der Waals surface area contributed by atoms with Crippen LogP contribution in [0.1, 0.15) is 77.0 Å². The predicted octanol–water partition coefficient (Wildman–Crippen LogP) is 2.24. The fourth-order valence-electron chi connectivity index (χ4n) is 10.3. The molecule has 8 bridgehead atoms. The van der Waals surface area contributed by atoms with Crippen molar-refractivity contribution >= 4 is 23.8 Å². The molecule has 34 heavy (non-hydrogen) atoms. The molecule has 8 atom stereocenters. The van der Waals surface area contributed by atoms with E-state index in [0.29, 0.717) is 36.5 Å². The Morgan fingerprint density at radius 1 is 0.588 bits per heavy atom. The standard InChI is InChI=1S/C26H36N2O6/c1-33-21(31)23-5-15-3-16(6-23)10-25(9-15,13-23)27-19(29)20(30)28-26-11-17-4-18(12-26)8-24(7-17,14-26)22(32)34-2/h15-18H,3-14H2,1-2H3,(H,27,29)(H,28,30)/t15-,16+,17-,18+,23?,24?,25?,26?. The minimum Gasteiger partial charge on any atom is -0.469 e. The van der Waals surface area contributed by atoms with Crippen molar-refractivity contribution in [2.45, 2.75) is 88.1 Å². The Labute approximate surface area is 200 Å². The second-order valence-electron chi connectivity index (χ2n) is 12.9. The molecule has 4 unspecified atom stereocenters. The maximum Gasteiger partial charge on any atom is 0.311 e. The van der Waals surface area contributed by atoms with Gasteiger partial charge in [0.05, 0.1) is 25.0 Å². The van der Waals surface area contributed by atoms with Gasteiger partial charge >= 0.3 is 23.8 Å². The highest BCUT2D eigenvalue weighted by molar-refractivity contribution is 6.35. The first kappa shape index (κ1) is 22.4. The van der Waals surface area contributed by atoms with Crippen LogP contribution in [0.25, 0.3) is 0 Å². The van der Waals surface area contributed by atoms with Crippen molar-refractivity contribution in [2.75, 3.05) is 14.2 Å². The summed E-state index contributed by atoms with van der Waals surface area (Å²) < 4.78 is 10.3. The summed E-state index contributed by atoms with van der Waals surface area (Å²) in [5.74, 6) is -0.0375. The van der Waals surface area contributed by atoms with Crippen molar-refractivity contribution in [3.8, 4) is 0 Å². The average molecular weight is 473 g/mol. The van der Waals surface area contributed by atoms with Crippen molar-refractivity contribution < 1.29 is 28.7 Å². The van der Waals surface area contributed by atoms with Crippen LogP contribution in [0.3, 0.4) is 0 Å². The summed E-state index contributed by atoms with van der Waals surface area (Å²) in [6.45, 7) is 0. The fourth-order valence-corrected chi connectivity index (χ4v) is 10.3. The van der Waals surface area contributed by atoms with Crippen LogP contribution in [-0.2, 0) is 28.7 Å². The number of ether oxygens (including phenoxy) is 2. The summed E-state index contributed by atoms with van der Waals surface area (Å²) in [4.78, 5) is 51.9. The topological polar surface area (TPSA) is 111 Å². The van der Waals surface area contributed by atoms with E-state index in [9.17, 15) is 19.2 Å². The SMILES string of the molecule is COC(=O)C12C[C@@H]3C[C@@H](CC(NC(=O)C(=O)NC45C[C@H]6C[C@@H](C4)CC(C(=O)OC)(C6)C5)(C3)C1)C2. The van der Waals surface area contributed by atoms with Crippen LogP contribution >= 0.6 is 0 Å². The summed E-state index contributed by atoms with van der Waals surface area (Å²) in [5.41, 5.74) is -2.09. The van der Waals surface area contributed by atoms with Crippen LogP contribution in [0.4, 0.5) is 0 Å². The van der Waals surface area contributed by atoms with Gasteiger partial charge in [-0.15, -0.1) is 0 Å². The summed E-state index contributed by atoms with van der Waals surface area (Å²) in [6, 6.07) is 0. The van der Waals surface area contributed by atoms with Crippen molar-refractivity contribution in [3.05, 3.63) is 0 Å². The average Bonchev–Trinajstić information content (AvgIpc) is 2.75. The van der Waals surface area contributed by atoms with E-state index >= 15 is 0 Å². The number of amides is 2. The molecule has 8 aliphatic carbocycles. The smallest absolute Gasteiger partial charge is 0.311 e. The number of carbonyl (C=O) groups is 4. The molecule has 8 saturated carbocycles. The number of rotatable bonds is 4. The Morgan fingerprint density at radius 3 is 1.21 bits per heavy atom. The lowest BCUT2D eigenvalue weighted by Crippen LogP contribution is -2.68. The Bertz CT molecular complexity index is 855. The molecule has 8 fully saturated rings. The van der Waals surface area contributed by atoms with Gasteiger partial charge in [0.25, 0.3) is 0 Å². The van der Waals surface area contributed by atoms with Crippen molar-refractivity contribution in [3.63, 3.8) is 0 Å². The highest BCUT2D eigenvalue weighted by Crippen LogP contribution is 2.63. The van der Waals surface area contributed by atoms with Crippen LogP contribution in [-0.4, -0.2) is 49.1 Å². The van der Waals surface area contributed by atoms with E-state index in [1.807, 2.05) is 0 Å². The van der Waals surface area contributed by atoms with Gasteiger partial charge in [-0.1, -0.05) is 0 Å². The third kappa shape index (κ3) is 3.23. The van der Waals surface area contributed by atoms with Gasteiger partial charge in [-0.3, -0.25) is 19.2 Å². The van der Waals surface area contributed by atoms with Crippen molar-refractivity contribution in [1.82, 2.24) is 10.6 Å². The van der Waals surface area contributed by atoms with E-state index < -0.39 is 33.7 Å². The zero-order chi connectivity index (χ0) is 23.9. The van der Waals surface area contributed by atoms with Gasteiger partial charge in [0, 0.05) is 11.1 Å². The minimum atomic E-state index is -0.607. The molecule has 8 aliphatic rings. The largest absolute Gasteiger partial charge is 0.469 e. The Kier molecular flexibility index (Phi) is 4.73. The lowest BCUT2D eigenvalue weighted by Gasteiger charge is -2.61. The maximum atomic E-state index is 13.2.